The van der Waals surface area contributed by atoms with Crippen molar-refractivity contribution in [1.82, 2.24) is 16.0 Å². The Hall–Kier alpha value is -2.49. The Labute approximate surface area is 374 Å². The maximum atomic E-state index is 10.8. The van der Waals surface area contributed by atoms with Crippen molar-refractivity contribution in [3.8, 4) is 6.07 Å². The summed E-state index contributed by atoms with van der Waals surface area (Å²) in [4.78, 5) is 0. The summed E-state index contributed by atoms with van der Waals surface area (Å²) in [7, 11) is 0. The van der Waals surface area contributed by atoms with Crippen molar-refractivity contribution in [2.24, 2.45) is 94.2 Å². The van der Waals surface area contributed by atoms with Gasteiger partial charge in [-0.2, -0.15) is 5.26 Å². The third kappa shape index (κ3) is 7.04. The summed E-state index contributed by atoms with van der Waals surface area (Å²) in [6, 6.07) is 2.98. The van der Waals surface area contributed by atoms with Gasteiger partial charge in [0.05, 0.1) is 36.8 Å². The quantitative estimate of drug-likeness (QED) is 0.241. The highest BCUT2D eigenvalue weighted by atomic mass is 16.5. The number of fused-ring (bicyclic) bond motifs is 11. The van der Waals surface area contributed by atoms with Gasteiger partial charge in [-0.15, -0.1) is 0 Å². The van der Waals surface area contributed by atoms with Crippen LogP contribution in [0.2, 0.25) is 0 Å². The molecule has 0 bridgehead atoms. The van der Waals surface area contributed by atoms with Gasteiger partial charge in [-0.05, 0) is 192 Å². The molecule has 62 heavy (non-hydrogen) atoms. The Morgan fingerprint density at radius 2 is 1.40 bits per heavy atom. The Kier molecular flexibility index (Phi) is 11.5. The van der Waals surface area contributed by atoms with Crippen LogP contribution in [0.25, 0.3) is 0 Å². The van der Waals surface area contributed by atoms with Crippen LogP contribution in [-0.4, -0.2) is 30.7 Å². The second kappa shape index (κ2) is 17.4. The molecule has 332 valence electrons. The number of nitrogens with zero attached hydrogens (tertiary/aromatic N) is 1. The first kappa shape index (κ1) is 41.0. The number of nitriles is 1. The summed E-state index contributed by atoms with van der Waals surface area (Å²) in [6.07, 6.45) is 61.6. The van der Waals surface area contributed by atoms with Crippen LogP contribution in [0.3, 0.4) is 0 Å². The zero-order valence-electron chi connectivity index (χ0n) is 37.8. The summed E-state index contributed by atoms with van der Waals surface area (Å²) in [5.41, 5.74) is 1.98. The van der Waals surface area contributed by atoms with E-state index in [0.717, 1.165) is 18.3 Å². The molecule has 21 unspecified atom stereocenters. The molecule has 5 saturated carbocycles. The maximum absolute atomic E-state index is 10.8. The van der Waals surface area contributed by atoms with Gasteiger partial charge in [0.15, 0.2) is 0 Å². The fraction of sp³-hybridized carbons (Fsp3) is 0.737. The second-order valence-corrected chi connectivity index (χ2v) is 23.2. The van der Waals surface area contributed by atoms with E-state index in [4.69, 9.17) is 4.74 Å². The standard InChI is InChI=1S/C57H78N4O/c58-35-43-33-50-53(45-24-8-7-23-44(43)45)46-25-9-10-26-47(46)57(50)48-27-11-12-28-51(48)62-52-34-41(29-30-49(52)57)39-20-13-19-38(31-39)40-21-14-22-42(32-40)56-60-54(36-15-3-1-4-16-36)59-55(61-56)37-17-5-2-6-18-37/h1,3,5,9-12,17,25-28,31,36-38,40-56,59-61H,2,4,6-8,13-16,18-24,29-30,32-34H2. The highest BCUT2D eigenvalue weighted by molar-refractivity contribution is 5.34. The van der Waals surface area contributed by atoms with Gasteiger partial charge in [-0.25, -0.2) is 0 Å². The molecule has 5 heteroatoms. The van der Waals surface area contributed by atoms with Crippen LogP contribution in [0.15, 0.2) is 84.6 Å². The third-order valence-corrected chi connectivity index (χ3v) is 20.7. The SMILES string of the molecule is N#CC1CC2C(C3C=CC=CC3C23C2C=CC=CC2OC2CC(C4=CC(C5CCCC(C6NC(C7C=CCCC7)NC(C7CC=CCC7)N6)C5)CCC4)CCC23)C2CCCCC12. The van der Waals surface area contributed by atoms with Gasteiger partial charge in [0, 0.05) is 17.8 Å². The first-order valence-corrected chi connectivity index (χ1v) is 26.7. The molecular weight excluding hydrogens is 757 g/mol. The molecule has 12 rings (SSSR count). The first-order chi connectivity index (χ1) is 30.7. The van der Waals surface area contributed by atoms with Gasteiger partial charge in [0.1, 0.15) is 0 Å². The van der Waals surface area contributed by atoms with Gasteiger partial charge in [-0.3, -0.25) is 16.0 Å². The molecular formula is C57H78N4O. The van der Waals surface area contributed by atoms with E-state index in [1.165, 1.54) is 128 Å². The molecule has 2 saturated heterocycles. The van der Waals surface area contributed by atoms with E-state index in [-0.39, 0.29) is 17.4 Å². The van der Waals surface area contributed by atoms with Crippen molar-refractivity contribution in [3.63, 3.8) is 0 Å². The van der Waals surface area contributed by atoms with Gasteiger partial charge in [0.2, 0.25) is 0 Å². The van der Waals surface area contributed by atoms with E-state index in [2.05, 4.69) is 101 Å². The van der Waals surface area contributed by atoms with E-state index in [1.807, 2.05) is 5.57 Å². The summed E-state index contributed by atoms with van der Waals surface area (Å²) in [5, 5.41) is 23.4. The van der Waals surface area contributed by atoms with E-state index < -0.39 is 0 Å². The third-order valence-electron chi connectivity index (χ3n) is 20.7. The Bertz CT molecular complexity index is 1900. The molecule has 2 aliphatic heterocycles. The minimum Gasteiger partial charge on any atom is -0.370 e. The number of hydrogen-bond donors (Lipinski definition) is 3. The highest BCUT2D eigenvalue weighted by Crippen LogP contribution is 2.74. The van der Waals surface area contributed by atoms with Crippen molar-refractivity contribution in [3.05, 3.63) is 84.6 Å². The molecule has 2 heterocycles. The minimum atomic E-state index is 0.163. The molecule has 0 aromatic carbocycles. The van der Waals surface area contributed by atoms with Crippen molar-refractivity contribution in [2.45, 2.75) is 166 Å². The highest BCUT2D eigenvalue weighted by Gasteiger charge is 2.71. The predicted molar refractivity (Wildman–Crippen MR) is 250 cm³/mol. The molecule has 1 spiro atoms. The van der Waals surface area contributed by atoms with Crippen LogP contribution in [0.1, 0.15) is 135 Å². The zero-order valence-corrected chi connectivity index (χ0v) is 37.8. The van der Waals surface area contributed by atoms with E-state index in [9.17, 15) is 5.26 Å². The van der Waals surface area contributed by atoms with Crippen LogP contribution in [0, 0.1) is 106 Å². The number of nitrogens with one attached hydrogen (secondary N) is 3. The van der Waals surface area contributed by atoms with Gasteiger partial charge in [0.25, 0.3) is 0 Å². The number of rotatable bonds is 5. The number of hydrogen-bond acceptors (Lipinski definition) is 5. The largest absolute Gasteiger partial charge is 0.370 e. The normalized spacial score (nSPS) is 51.6. The lowest BCUT2D eigenvalue weighted by Crippen LogP contribution is -2.72. The molecule has 3 N–H and O–H groups in total. The fourth-order valence-corrected chi connectivity index (χ4v) is 18.3. The predicted octanol–water partition coefficient (Wildman–Crippen LogP) is 11.9. The summed E-state index contributed by atoms with van der Waals surface area (Å²) >= 11 is 0. The summed E-state index contributed by atoms with van der Waals surface area (Å²) in [5.74, 6) is 9.21. The van der Waals surface area contributed by atoms with Gasteiger partial charge in [-0.1, -0.05) is 104 Å². The Balaban J connectivity index is 0.788. The lowest BCUT2D eigenvalue weighted by atomic mass is 9.45. The topological polar surface area (TPSA) is 69.1 Å². The second-order valence-electron chi connectivity index (χ2n) is 23.2. The number of allylic oxidation sites excluding steroid dienone is 11. The van der Waals surface area contributed by atoms with Crippen LogP contribution < -0.4 is 16.0 Å². The molecule has 0 amide bonds. The van der Waals surface area contributed by atoms with Crippen molar-refractivity contribution < 1.29 is 4.74 Å². The van der Waals surface area contributed by atoms with Crippen molar-refractivity contribution >= 4 is 0 Å². The van der Waals surface area contributed by atoms with Crippen molar-refractivity contribution in [2.75, 3.05) is 0 Å². The average molecular weight is 835 g/mol. The molecule has 0 radical (unpaired) electrons. The Morgan fingerprint density at radius 3 is 2.26 bits per heavy atom. The first-order valence-electron chi connectivity index (χ1n) is 26.7. The molecule has 0 aromatic rings. The molecule has 5 nitrogen and oxygen atoms in total. The lowest BCUT2D eigenvalue weighted by Gasteiger charge is -2.62. The van der Waals surface area contributed by atoms with Crippen LogP contribution in [0.4, 0.5) is 0 Å². The smallest absolute Gasteiger partial charge is 0.0831 e. The van der Waals surface area contributed by atoms with E-state index in [1.54, 1.807) is 0 Å². The van der Waals surface area contributed by atoms with Crippen molar-refractivity contribution in [1.29, 1.82) is 5.26 Å². The van der Waals surface area contributed by atoms with Gasteiger partial charge >= 0.3 is 0 Å². The monoisotopic (exact) mass is 835 g/mol. The molecule has 0 aromatic heterocycles. The lowest BCUT2D eigenvalue weighted by molar-refractivity contribution is -0.209. The molecule has 7 fully saturated rings. The van der Waals surface area contributed by atoms with E-state index in [0.29, 0.717) is 95.6 Å². The molecule has 12 aliphatic rings. The van der Waals surface area contributed by atoms with Crippen LogP contribution in [0.5, 0.6) is 0 Å². The molecule has 10 aliphatic carbocycles. The van der Waals surface area contributed by atoms with Crippen LogP contribution in [-0.2, 0) is 4.74 Å². The van der Waals surface area contributed by atoms with Crippen LogP contribution >= 0.6 is 0 Å². The summed E-state index contributed by atoms with van der Waals surface area (Å²) in [6.45, 7) is 0. The fourth-order valence-electron chi connectivity index (χ4n) is 18.3. The Morgan fingerprint density at radius 1 is 0.597 bits per heavy atom. The van der Waals surface area contributed by atoms with Gasteiger partial charge < -0.3 is 4.74 Å². The zero-order chi connectivity index (χ0) is 41.2. The summed E-state index contributed by atoms with van der Waals surface area (Å²) < 4.78 is 7.45. The maximum Gasteiger partial charge on any atom is 0.0831 e. The average Bonchev–Trinajstić information content (AvgIpc) is 3.64. The number of ether oxygens (including phenoxy) is 1. The molecule has 21 atom stereocenters. The van der Waals surface area contributed by atoms with E-state index >= 15 is 0 Å². The minimum absolute atomic E-state index is 0.163.